The van der Waals surface area contributed by atoms with E-state index in [1.54, 1.807) is 6.07 Å². The topological polar surface area (TPSA) is 101 Å². The van der Waals surface area contributed by atoms with Crippen LogP contribution >= 0.6 is 0 Å². The van der Waals surface area contributed by atoms with E-state index in [1.807, 2.05) is 25.7 Å². The van der Waals surface area contributed by atoms with Crippen LogP contribution in [0.3, 0.4) is 0 Å². The molecular weight excluding hydrogens is 278 g/mol. The normalized spacial score (nSPS) is 18.9. The van der Waals surface area contributed by atoms with Crippen molar-refractivity contribution in [2.45, 2.75) is 26.2 Å². The van der Waals surface area contributed by atoms with Gasteiger partial charge in [0.1, 0.15) is 17.5 Å². The highest BCUT2D eigenvalue weighted by Gasteiger charge is 2.25. The van der Waals surface area contributed by atoms with Gasteiger partial charge in [0.05, 0.1) is 11.5 Å². The van der Waals surface area contributed by atoms with Gasteiger partial charge in [0, 0.05) is 24.6 Å². The third kappa shape index (κ3) is 3.37. The minimum absolute atomic E-state index is 0.160. The summed E-state index contributed by atoms with van der Waals surface area (Å²) in [4.78, 5) is 10.9. The van der Waals surface area contributed by atoms with Gasteiger partial charge in [-0.05, 0) is 0 Å². The standard InChI is InChI=1S/C12H21N5O2S/c1-12(2,3)11-14-9(16-13)8-10(15-11)17-4-6-20(18,19)7-5-17/h8H,4-7,13H2,1-3H3,(H,14,15,16). The van der Waals surface area contributed by atoms with Crippen molar-refractivity contribution in [1.29, 1.82) is 0 Å². The van der Waals surface area contributed by atoms with Crippen molar-refractivity contribution in [2.24, 2.45) is 5.84 Å². The van der Waals surface area contributed by atoms with Gasteiger partial charge >= 0.3 is 0 Å². The molecule has 1 aromatic heterocycles. The number of anilines is 2. The van der Waals surface area contributed by atoms with Gasteiger partial charge in [-0.1, -0.05) is 20.8 Å². The lowest BCUT2D eigenvalue weighted by atomic mass is 9.96. The molecule has 1 fully saturated rings. The SMILES string of the molecule is CC(C)(C)c1nc(NN)cc(N2CCS(=O)(=O)CC2)n1. The molecule has 0 radical (unpaired) electrons. The van der Waals surface area contributed by atoms with E-state index < -0.39 is 9.84 Å². The Morgan fingerprint density at radius 2 is 1.85 bits per heavy atom. The summed E-state index contributed by atoms with van der Waals surface area (Å²) < 4.78 is 23.0. The number of nitrogens with zero attached hydrogens (tertiary/aromatic N) is 3. The molecule has 8 heteroatoms. The first-order valence-electron chi connectivity index (χ1n) is 6.53. The lowest BCUT2D eigenvalue weighted by Crippen LogP contribution is -2.41. The summed E-state index contributed by atoms with van der Waals surface area (Å²) in [6, 6.07) is 1.74. The van der Waals surface area contributed by atoms with Gasteiger partial charge in [-0.2, -0.15) is 0 Å². The molecule has 1 saturated heterocycles. The summed E-state index contributed by atoms with van der Waals surface area (Å²) in [5, 5.41) is 0. The van der Waals surface area contributed by atoms with Crippen LogP contribution in [0.5, 0.6) is 0 Å². The molecule has 0 amide bonds. The fraction of sp³-hybridized carbons (Fsp3) is 0.667. The molecule has 2 rings (SSSR count). The maximum absolute atomic E-state index is 11.5. The van der Waals surface area contributed by atoms with E-state index in [2.05, 4.69) is 15.4 Å². The first-order valence-corrected chi connectivity index (χ1v) is 8.35. The molecule has 0 aliphatic carbocycles. The van der Waals surface area contributed by atoms with Crippen LogP contribution in [0.1, 0.15) is 26.6 Å². The van der Waals surface area contributed by atoms with Crippen molar-refractivity contribution in [3.8, 4) is 0 Å². The Kier molecular flexibility index (Phi) is 3.88. The number of hydrogen-bond donors (Lipinski definition) is 2. The third-order valence-electron chi connectivity index (χ3n) is 3.20. The van der Waals surface area contributed by atoms with Crippen LogP contribution < -0.4 is 16.2 Å². The van der Waals surface area contributed by atoms with Gasteiger partial charge in [-0.15, -0.1) is 0 Å². The Bertz CT molecular complexity index is 580. The number of nitrogen functional groups attached to an aromatic ring is 1. The number of hydrazine groups is 1. The Hall–Kier alpha value is -1.41. The van der Waals surface area contributed by atoms with Gasteiger partial charge in [0.2, 0.25) is 0 Å². The van der Waals surface area contributed by atoms with Gasteiger partial charge < -0.3 is 10.3 Å². The summed E-state index contributed by atoms with van der Waals surface area (Å²) in [6.45, 7) is 6.97. The highest BCUT2D eigenvalue weighted by atomic mass is 32.2. The molecule has 2 heterocycles. The van der Waals surface area contributed by atoms with Crippen molar-refractivity contribution < 1.29 is 8.42 Å². The molecule has 0 saturated carbocycles. The number of nitrogens with one attached hydrogen (secondary N) is 1. The quantitative estimate of drug-likeness (QED) is 0.598. The maximum atomic E-state index is 11.5. The van der Waals surface area contributed by atoms with Crippen LogP contribution in [0.15, 0.2) is 6.07 Å². The first-order chi connectivity index (χ1) is 9.21. The number of hydrogen-bond acceptors (Lipinski definition) is 7. The van der Waals surface area contributed by atoms with Crippen LogP contribution in [0.2, 0.25) is 0 Å². The number of rotatable bonds is 2. The van der Waals surface area contributed by atoms with Crippen molar-refractivity contribution in [1.82, 2.24) is 9.97 Å². The smallest absolute Gasteiger partial charge is 0.153 e. The van der Waals surface area contributed by atoms with Crippen LogP contribution in [0, 0.1) is 0 Å². The number of aromatic nitrogens is 2. The lowest BCUT2D eigenvalue weighted by molar-refractivity contribution is 0.544. The first kappa shape index (κ1) is 15.0. The van der Waals surface area contributed by atoms with E-state index in [4.69, 9.17) is 5.84 Å². The minimum atomic E-state index is -2.90. The second kappa shape index (κ2) is 5.17. The molecule has 20 heavy (non-hydrogen) atoms. The summed E-state index contributed by atoms with van der Waals surface area (Å²) in [5.74, 6) is 7.70. The fourth-order valence-corrected chi connectivity index (χ4v) is 3.15. The Morgan fingerprint density at radius 3 is 2.35 bits per heavy atom. The van der Waals surface area contributed by atoms with Crippen molar-refractivity contribution >= 4 is 21.5 Å². The predicted molar refractivity (Wildman–Crippen MR) is 79.4 cm³/mol. The van der Waals surface area contributed by atoms with Crippen molar-refractivity contribution in [2.75, 3.05) is 34.9 Å². The minimum Gasteiger partial charge on any atom is -0.354 e. The molecule has 1 aliphatic heterocycles. The predicted octanol–water partition coefficient (Wildman–Crippen LogP) is 0.295. The lowest BCUT2D eigenvalue weighted by Gasteiger charge is -2.29. The second-order valence-electron chi connectivity index (χ2n) is 5.97. The Balaban J connectivity index is 2.32. The highest BCUT2D eigenvalue weighted by Crippen LogP contribution is 2.24. The van der Waals surface area contributed by atoms with Gasteiger partial charge in [-0.3, -0.25) is 0 Å². The molecule has 0 atom stereocenters. The zero-order valence-corrected chi connectivity index (χ0v) is 12.9. The molecule has 112 valence electrons. The summed E-state index contributed by atoms with van der Waals surface area (Å²) in [5.41, 5.74) is 2.33. The van der Waals surface area contributed by atoms with E-state index in [0.29, 0.717) is 30.5 Å². The molecule has 0 unspecified atom stereocenters. The molecule has 0 spiro atoms. The monoisotopic (exact) mass is 299 g/mol. The Labute approximate surface area is 119 Å². The molecule has 3 N–H and O–H groups in total. The van der Waals surface area contributed by atoms with E-state index >= 15 is 0 Å². The Morgan fingerprint density at radius 1 is 1.25 bits per heavy atom. The van der Waals surface area contributed by atoms with Gasteiger partial charge in [0.15, 0.2) is 9.84 Å². The second-order valence-corrected chi connectivity index (χ2v) is 8.27. The molecule has 1 aromatic rings. The van der Waals surface area contributed by atoms with Crippen molar-refractivity contribution in [3.63, 3.8) is 0 Å². The zero-order chi connectivity index (χ0) is 15.0. The average molecular weight is 299 g/mol. The molecule has 1 aliphatic rings. The van der Waals surface area contributed by atoms with E-state index in [1.165, 1.54) is 0 Å². The number of sulfone groups is 1. The fourth-order valence-electron chi connectivity index (χ4n) is 1.95. The van der Waals surface area contributed by atoms with E-state index in [9.17, 15) is 8.42 Å². The average Bonchev–Trinajstić information content (AvgIpc) is 2.37. The highest BCUT2D eigenvalue weighted by molar-refractivity contribution is 7.91. The zero-order valence-electron chi connectivity index (χ0n) is 12.0. The van der Waals surface area contributed by atoms with Crippen LogP contribution in [-0.2, 0) is 15.3 Å². The molecule has 0 bridgehead atoms. The van der Waals surface area contributed by atoms with Gasteiger partial charge in [0.25, 0.3) is 0 Å². The van der Waals surface area contributed by atoms with Crippen LogP contribution in [0.25, 0.3) is 0 Å². The van der Waals surface area contributed by atoms with E-state index in [-0.39, 0.29) is 16.9 Å². The molecule has 7 nitrogen and oxygen atoms in total. The summed E-state index contributed by atoms with van der Waals surface area (Å²) in [7, 11) is -2.90. The van der Waals surface area contributed by atoms with E-state index in [0.717, 1.165) is 0 Å². The number of nitrogens with two attached hydrogens (primary N) is 1. The largest absolute Gasteiger partial charge is 0.354 e. The van der Waals surface area contributed by atoms with Gasteiger partial charge in [-0.25, -0.2) is 24.2 Å². The summed E-state index contributed by atoms with van der Waals surface area (Å²) in [6.07, 6.45) is 0. The van der Waals surface area contributed by atoms with Crippen LogP contribution in [-0.4, -0.2) is 43.0 Å². The van der Waals surface area contributed by atoms with Crippen LogP contribution in [0.4, 0.5) is 11.6 Å². The van der Waals surface area contributed by atoms with Crippen molar-refractivity contribution in [3.05, 3.63) is 11.9 Å². The summed E-state index contributed by atoms with van der Waals surface area (Å²) >= 11 is 0. The maximum Gasteiger partial charge on any atom is 0.153 e. The molecule has 0 aromatic carbocycles. The third-order valence-corrected chi connectivity index (χ3v) is 4.81. The molecular formula is C12H21N5O2S.